The molecule has 1 N–H and O–H groups in total. The predicted molar refractivity (Wildman–Crippen MR) is 73.3 cm³/mol. The number of thiophene rings is 1. The van der Waals surface area contributed by atoms with Crippen LogP contribution in [0.1, 0.15) is 5.82 Å². The number of rotatable bonds is 4. The highest BCUT2D eigenvalue weighted by Crippen LogP contribution is 2.27. The first-order valence-corrected chi connectivity index (χ1v) is 6.32. The zero-order valence-corrected chi connectivity index (χ0v) is 11.0. The summed E-state index contributed by atoms with van der Waals surface area (Å²) >= 11 is 1.65. The summed E-state index contributed by atoms with van der Waals surface area (Å²) in [5, 5.41) is 14.6. The van der Waals surface area contributed by atoms with Crippen molar-refractivity contribution < 1.29 is 0 Å². The van der Waals surface area contributed by atoms with E-state index in [1.54, 1.807) is 11.3 Å². The maximum atomic E-state index is 8.56. The van der Waals surface area contributed by atoms with Crippen LogP contribution < -0.4 is 10.2 Å². The predicted octanol–water partition coefficient (Wildman–Crippen LogP) is 2.55. The van der Waals surface area contributed by atoms with Crippen molar-refractivity contribution in [3.8, 4) is 6.07 Å². The van der Waals surface area contributed by atoms with Crippen molar-refractivity contribution in [1.82, 2.24) is 9.97 Å². The van der Waals surface area contributed by atoms with E-state index in [0.717, 1.165) is 10.8 Å². The van der Waals surface area contributed by atoms with Crippen LogP contribution in [-0.4, -0.2) is 23.6 Å². The Hall–Kier alpha value is -2.13. The molecule has 2 aromatic rings. The van der Waals surface area contributed by atoms with Gasteiger partial charge in [-0.3, -0.25) is 0 Å². The summed E-state index contributed by atoms with van der Waals surface area (Å²) in [7, 11) is 1.96. The third kappa shape index (κ3) is 2.76. The van der Waals surface area contributed by atoms with E-state index in [2.05, 4.69) is 15.3 Å². The zero-order chi connectivity index (χ0) is 13.0. The fourth-order valence-corrected chi connectivity index (χ4v) is 2.22. The Kier molecular flexibility index (Phi) is 3.75. The van der Waals surface area contributed by atoms with Gasteiger partial charge in [-0.2, -0.15) is 5.26 Å². The molecule has 0 aliphatic rings. The summed E-state index contributed by atoms with van der Waals surface area (Å²) in [6.07, 6.45) is 0. The van der Waals surface area contributed by atoms with Gasteiger partial charge in [0, 0.05) is 13.1 Å². The van der Waals surface area contributed by atoms with Gasteiger partial charge in [-0.15, -0.1) is 11.3 Å². The smallest absolute Gasteiger partial charge is 0.139 e. The molecule has 2 rings (SSSR count). The molecule has 0 bridgehead atoms. The van der Waals surface area contributed by atoms with Crippen molar-refractivity contribution >= 4 is 28.0 Å². The number of nitriles is 1. The Bertz CT molecular complexity index is 558. The highest BCUT2D eigenvalue weighted by atomic mass is 32.1. The highest BCUT2D eigenvalue weighted by Gasteiger charge is 2.09. The van der Waals surface area contributed by atoms with Crippen molar-refractivity contribution in [2.24, 2.45) is 0 Å². The normalized spacial score (nSPS) is 9.83. The van der Waals surface area contributed by atoms with Crippen molar-refractivity contribution in [3.63, 3.8) is 0 Å². The topological polar surface area (TPSA) is 64.8 Å². The Balaban J connectivity index is 2.28. The lowest BCUT2D eigenvalue weighted by molar-refractivity contribution is 1.01. The molecule has 0 amide bonds. The number of aromatic nitrogens is 2. The minimum absolute atomic E-state index is 0.235. The Morgan fingerprint density at radius 3 is 3.00 bits per heavy atom. The second-order valence-corrected chi connectivity index (χ2v) is 4.61. The Morgan fingerprint density at radius 2 is 2.33 bits per heavy atom. The number of anilines is 3. The average Bonchev–Trinajstić information content (AvgIpc) is 2.88. The molecule has 2 heterocycles. The molecule has 0 atom stereocenters. The molecular formula is C12H13N5S. The van der Waals surface area contributed by atoms with Crippen LogP contribution in [0.3, 0.4) is 0 Å². The number of aryl methyl sites for hydroxylation is 1. The molecular weight excluding hydrogens is 246 g/mol. The van der Waals surface area contributed by atoms with Crippen LogP contribution >= 0.6 is 11.3 Å². The summed E-state index contributed by atoms with van der Waals surface area (Å²) in [6.45, 7) is 2.07. The molecule has 0 unspecified atom stereocenters. The van der Waals surface area contributed by atoms with E-state index in [1.165, 1.54) is 0 Å². The standard InChI is InChI=1S/C12H13N5S/c1-9-15-10(14-6-5-13)8-11(16-9)17(2)12-4-3-7-18-12/h3-4,7-8H,6H2,1-2H3,(H,14,15,16). The first kappa shape index (κ1) is 12.3. The summed E-state index contributed by atoms with van der Waals surface area (Å²) in [5.74, 6) is 2.16. The van der Waals surface area contributed by atoms with Gasteiger partial charge in [0.05, 0.1) is 11.1 Å². The second kappa shape index (κ2) is 5.47. The molecule has 92 valence electrons. The number of hydrogen-bond donors (Lipinski definition) is 1. The number of nitrogens with one attached hydrogen (secondary N) is 1. The third-order valence-corrected chi connectivity index (χ3v) is 3.30. The van der Waals surface area contributed by atoms with Crippen LogP contribution in [0.4, 0.5) is 16.6 Å². The van der Waals surface area contributed by atoms with Crippen molar-refractivity contribution in [3.05, 3.63) is 29.4 Å². The summed E-state index contributed by atoms with van der Waals surface area (Å²) in [5.41, 5.74) is 0. The second-order valence-electron chi connectivity index (χ2n) is 3.68. The van der Waals surface area contributed by atoms with Gasteiger partial charge in [-0.25, -0.2) is 9.97 Å². The summed E-state index contributed by atoms with van der Waals surface area (Å²) in [4.78, 5) is 10.6. The third-order valence-electron chi connectivity index (χ3n) is 2.35. The van der Waals surface area contributed by atoms with Crippen LogP contribution in [-0.2, 0) is 0 Å². The number of hydrogen-bond acceptors (Lipinski definition) is 6. The van der Waals surface area contributed by atoms with Crippen LogP contribution in [0, 0.1) is 18.3 Å². The molecule has 0 aliphatic heterocycles. The molecule has 0 fully saturated rings. The first-order chi connectivity index (χ1) is 8.70. The lowest BCUT2D eigenvalue weighted by Crippen LogP contribution is -2.12. The summed E-state index contributed by atoms with van der Waals surface area (Å²) < 4.78 is 0. The van der Waals surface area contributed by atoms with E-state index in [9.17, 15) is 0 Å². The van der Waals surface area contributed by atoms with E-state index in [0.29, 0.717) is 11.6 Å². The summed E-state index contributed by atoms with van der Waals surface area (Å²) in [6, 6.07) is 7.90. The maximum Gasteiger partial charge on any atom is 0.139 e. The molecule has 0 radical (unpaired) electrons. The first-order valence-electron chi connectivity index (χ1n) is 5.44. The quantitative estimate of drug-likeness (QED) is 0.855. The van der Waals surface area contributed by atoms with Gasteiger partial charge in [-0.05, 0) is 24.4 Å². The van der Waals surface area contributed by atoms with Gasteiger partial charge in [0.15, 0.2) is 0 Å². The fraction of sp³-hybridized carbons (Fsp3) is 0.250. The van der Waals surface area contributed by atoms with Crippen molar-refractivity contribution in [1.29, 1.82) is 5.26 Å². The lowest BCUT2D eigenvalue weighted by Gasteiger charge is -2.17. The number of nitrogens with zero attached hydrogens (tertiary/aromatic N) is 4. The highest BCUT2D eigenvalue weighted by molar-refractivity contribution is 7.14. The van der Waals surface area contributed by atoms with Gasteiger partial charge in [-0.1, -0.05) is 0 Å². The van der Waals surface area contributed by atoms with Gasteiger partial charge in [0.1, 0.15) is 24.0 Å². The van der Waals surface area contributed by atoms with Gasteiger partial charge >= 0.3 is 0 Å². The SMILES string of the molecule is Cc1nc(NCC#N)cc(N(C)c2cccs2)n1. The molecule has 0 saturated carbocycles. The zero-order valence-electron chi connectivity index (χ0n) is 10.2. The molecule has 0 aliphatic carbocycles. The molecule has 5 nitrogen and oxygen atoms in total. The lowest BCUT2D eigenvalue weighted by atomic mass is 10.4. The molecule has 0 spiro atoms. The van der Waals surface area contributed by atoms with E-state index < -0.39 is 0 Å². The molecule has 18 heavy (non-hydrogen) atoms. The Labute approximate surface area is 110 Å². The van der Waals surface area contributed by atoms with Crippen LogP contribution in [0.25, 0.3) is 0 Å². The Morgan fingerprint density at radius 1 is 1.50 bits per heavy atom. The fourth-order valence-electron chi connectivity index (χ4n) is 1.52. The van der Waals surface area contributed by atoms with Crippen LogP contribution in [0.2, 0.25) is 0 Å². The molecule has 0 aromatic carbocycles. The van der Waals surface area contributed by atoms with E-state index in [-0.39, 0.29) is 6.54 Å². The maximum absolute atomic E-state index is 8.56. The van der Waals surface area contributed by atoms with E-state index in [4.69, 9.17) is 5.26 Å². The van der Waals surface area contributed by atoms with E-state index in [1.807, 2.05) is 48.5 Å². The van der Waals surface area contributed by atoms with Gasteiger partial charge in [0.2, 0.25) is 0 Å². The molecule has 6 heteroatoms. The monoisotopic (exact) mass is 259 g/mol. The van der Waals surface area contributed by atoms with Gasteiger partial charge in [0.25, 0.3) is 0 Å². The largest absolute Gasteiger partial charge is 0.357 e. The van der Waals surface area contributed by atoms with Crippen molar-refractivity contribution in [2.45, 2.75) is 6.92 Å². The van der Waals surface area contributed by atoms with Gasteiger partial charge < -0.3 is 10.2 Å². The molecule has 2 aromatic heterocycles. The average molecular weight is 259 g/mol. The minimum Gasteiger partial charge on any atom is -0.357 e. The van der Waals surface area contributed by atoms with Crippen LogP contribution in [0.5, 0.6) is 0 Å². The van der Waals surface area contributed by atoms with Crippen molar-refractivity contribution in [2.75, 3.05) is 23.8 Å². The molecule has 0 saturated heterocycles. The van der Waals surface area contributed by atoms with E-state index >= 15 is 0 Å². The minimum atomic E-state index is 0.235. The van der Waals surface area contributed by atoms with Crippen LogP contribution in [0.15, 0.2) is 23.6 Å².